The summed E-state index contributed by atoms with van der Waals surface area (Å²) in [6.45, 7) is 7.83. The average Bonchev–Trinajstić information content (AvgIpc) is 2.58. The zero-order chi connectivity index (χ0) is 19.6. The predicted octanol–water partition coefficient (Wildman–Crippen LogP) is 3.67. The standard InChI is InChI=1S/C20H35N3O2S/c1-6-8-10-17(9-7-2)14-22-20(21-4)23-15-18-11-12-19(16(3)13-18)26(5,24)25/h11-13,17H,6-10,14-15H2,1-5H3,(H2,21,22,23). The van der Waals surface area contributed by atoms with Gasteiger partial charge in [0.1, 0.15) is 0 Å². The second-order valence-electron chi connectivity index (χ2n) is 6.98. The molecule has 0 saturated heterocycles. The normalized spacial score (nSPS) is 13.5. The largest absolute Gasteiger partial charge is 0.356 e. The van der Waals surface area contributed by atoms with Crippen LogP contribution in [0.25, 0.3) is 0 Å². The van der Waals surface area contributed by atoms with E-state index in [-0.39, 0.29) is 0 Å². The van der Waals surface area contributed by atoms with Crippen LogP contribution in [0, 0.1) is 12.8 Å². The van der Waals surface area contributed by atoms with Crippen molar-refractivity contribution in [2.75, 3.05) is 19.8 Å². The Morgan fingerprint density at radius 3 is 2.42 bits per heavy atom. The van der Waals surface area contributed by atoms with Gasteiger partial charge in [0.15, 0.2) is 15.8 Å². The third kappa shape index (κ3) is 7.77. The van der Waals surface area contributed by atoms with Gasteiger partial charge in [-0.3, -0.25) is 4.99 Å². The highest BCUT2D eigenvalue weighted by Gasteiger charge is 2.11. The fourth-order valence-corrected chi connectivity index (χ4v) is 4.09. The second kappa shape index (κ2) is 11.2. The molecular formula is C20H35N3O2S. The molecule has 0 amide bonds. The lowest BCUT2D eigenvalue weighted by Crippen LogP contribution is -2.39. The van der Waals surface area contributed by atoms with Crippen LogP contribution in [0.2, 0.25) is 0 Å². The van der Waals surface area contributed by atoms with Gasteiger partial charge in [-0.15, -0.1) is 0 Å². The van der Waals surface area contributed by atoms with Crippen molar-refractivity contribution in [2.24, 2.45) is 10.9 Å². The van der Waals surface area contributed by atoms with Crippen LogP contribution in [0.5, 0.6) is 0 Å². The fourth-order valence-electron chi connectivity index (χ4n) is 3.13. The molecule has 0 heterocycles. The number of nitrogens with one attached hydrogen (secondary N) is 2. The number of guanidine groups is 1. The molecule has 1 aromatic rings. The average molecular weight is 382 g/mol. The molecule has 6 heteroatoms. The van der Waals surface area contributed by atoms with E-state index < -0.39 is 9.84 Å². The summed E-state index contributed by atoms with van der Waals surface area (Å²) in [7, 11) is -1.40. The first-order chi connectivity index (χ1) is 12.3. The van der Waals surface area contributed by atoms with E-state index in [0.717, 1.165) is 23.6 Å². The molecule has 0 aliphatic rings. The Bertz CT molecular complexity index is 684. The molecule has 1 unspecified atom stereocenters. The maximum Gasteiger partial charge on any atom is 0.191 e. The Labute approximate surface area is 159 Å². The van der Waals surface area contributed by atoms with E-state index in [1.54, 1.807) is 13.1 Å². The molecule has 1 rings (SSSR count). The smallest absolute Gasteiger partial charge is 0.191 e. The van der Waals surface area contributed by atoms with Gasteiger partial charge in [0.05, 0.1) is 4.90 Å². The number of nitrogens with zero attached hydrogens (tertiary/aromatic N) is 1. The van der Waals surface area contributed by atoms with Crippen LogP contribution in [0.15, 0.2) is 28.1 Å². The monoisotopic (exact) mass is 381 g/mol. The number of hydrogen-bond donors (Lipinski definition) is 2. The van der Waals surface area contributed by atoms with Crippen molar-refractivity contribution in [2.45, 2.75) is 64.3 Å². The van der Waals surface area contributed by atoms with Crippen LogP contribution in [0.4, 0.5) is 0 Å². The number of aliphatic imine (C=N–C) groups is 1. The molecule has 0 aromatic heterocycles. The highest BCUT2D eigenvalue weighted by atomic mass is 32.2. The Kier molecular flexibility index (Phi) is 9.70. The van der Waals surface area contributed by atoms with Crippen molar-refractivity contribution >= 4 is 15.8 Å². The number of hydrogen-bond acceptors (Lipinski definition) is 3. The van der Waals surface area contributed by atoms with Gasteiger partial charge in [-0.2, -0.15) is 0 Å². The summed E-state index contributed by atoms with van der Waals surface area (Å²) in [4.78, 5) is 4.68. The molecular weight excluding hydrogens is 346 g/mol. The van der Waals surface area contributed by atoms with Crippen LogP contribution in [-0.4, -0.2) is 34.2 Å². The van der Waals surface area contributed by atoms with Gasteiger partial charge in [-0.1, -0.05) is 45.2 Å². The van der Waals surface area contributed by atoms with Crippen molar-refractivity contribution in [3.63, 3.8) is 0 Å². The maximum absolute atomic E-state index is 11.7. The lowest BCUT2D eigenvalue weighted by atomic mass is 9.97. The summed E-state index contributed by atoms with van der Waals surface area (Å²) in [5.41, 5.74) is 1.81. The first-order valence-electron chi connectivity index (χ1n) is 9.55. The van der Waals surface area contributed by atoms with E-state index >= 15 is 0 Å². The summed E-state index contributed by atoms with van der Waals surface area (Å²) < 4.78 is 23.4. The Balaban J connectivity index is 2.60. The molecule has 148 valence electrons. The first kappa shape index (κ1) is 22.5. The number of benzene rings is 1. The molecule has 0 saturated carbocycles. The SMILES string of the molecule is CCCCC(CCC)CNC(=NC)NCc1ccc(S(C)(=O)=O)c(C)c1. The van der Waals surface area contributed by atoms with Gasteiger partial charge in [0, 0.05) is 26.4 Å². The minimum Gasteiger partial charge on any atom is -0.356 e. The molecule has 5 nitrogen and oxygen atoms in total. The molecule has 0 spiro atoms. The number of unbranched alkanes of at least 4 members (excludes halogenated alkanes) is 1. The fraction of sp³-hybridized carbons (Fsp3) is 0.650. The molecule has 0 aliphatic heterocycles. The number of rotatable bonds is 10. The highest BCUT2D eigenvalue weighted by molar-refractivity contribution is 7.90. The maximum atomic E-state index is 11.7. The summed E-state index contributed by atoms with van der Waals surface area (Å²) >= 11 is 0. The van der Waals surface area contributed by atoms with E-state index in [2.05, 4.69) is 29.5 Å². The highest BCUT2D eigenvalue weighted by Crippen LogP contribution is 2.16. The van der Waals surface area contributed by atoms with E-state index in [0.29, 0.717) is 17.4 Å². The zero-order valence-corrected chi connectivity index (χ0v) is 17.7. The van der Waals surface area contributed by atoms with Gasteiger partial charge in [-0.25, -0.2) is 8.42 Å². The van der Waals surface area contributed by atoms with E-state index in [4.69, 9.17) is 0 Å². The minimum absolute atomic E-state index is 0.391. The van der Waals surface area contributed by atoms with Crippen LogP contribution >= 0.6 is 0 Å². The summed E-state index contributed by atoms with van der Waals surface area (Å²) in [6.07, 6.45) is 7.43. The molecule has 0 bridgehead atoms. The summed E-state index contributed by atoms with van der Waals surface area (Å²) in [6, 6.07) is 5.45. The molecule has 26 heavy (non-hydrogen) atoms. The zero-order valence-electron chi connectivity index (χ0n) is 16.9. The Morgan fingerprint density at radius 1 is 1.15 bits per heavy atom. The Morgan fingerprint density at radius 2 is 1.88 bits per heavy atom. The number of aryl methyl sites for hydroxylation is 1. The van der Waals surface area contributed by atoms with Crippen molar-refractivity contribution in [3.05, 3.63) is 29.3 Å². The first-order valence-corrected chi connectivity index (χ1v) is 11.4. The van der Waals surface area contributed by atoms with Gasteiger partial charge < -0.3 is 10.6 Å². The van der Waals surface area contributed by atoms with Gasteiger partial charge in [0.2, 0.25) is 0 Å². The van der Waals surface area contributed by atoms with E-state index in [1.807, 2.05) is 19.1 Å². The summed E-state index contributed by atoms with van der Waals surface area (Å²) in [5.74, 6) is 1.46. The molecule has 0 fully saturated rings. The summed E-state index contributed by atoms with van der Waals surface area (Å²) in [5, 5.41) is 6.74. The quantitative estimate of drug-likeness (QED) is 0.479. The molecule has 1 aromatic carbocycles. The lowest BCUT2D eigenvalue weighted by molar-refractivity contribution is 0.423. The molecule has 0 aliphatic carbocycles. The van der Waals surface area contributed by atoms with Crippen molar-refractivity contribution in [3.8, 4) is 0 Å². The minimum atomic E-state index is -3.17. The van der Waals surface area contributed by atoms with E-state index in [9.17, 15) is 8.42 Å². The van der Waals surface area contributed by atoms with Crippen molar-refractivity contribution in [1.82, 2.24) is 10.6 Å². The molecule has 2 N–H and O–H groups in total. The predicted molar refractivity (Wildman–Crippen MR) is 110 cm³/mol. The molecule has 0 radical (unpaired) electrons. The van der Waals surface area contributed by atoms with Crippen molar-refractivity contribution in [1.29, 1.82) is 0 Å². The number of sulfone groups is 1. The van der Waals surface area contributed by atoms with Crippen LogP contribution in [-0.2, 0) is 16.4 Å². The third-order valence-electron chi connectivity index (χ3n) is 4.54. The van der Waals surface area contributed by atoms with Gasteiger partial charge in [-0.05, 0) is 42.9 Å². The van der Waals surface area contributed by atoms with E-state index in [1.165, 1.54) is 38.4 Å². The van der Waals surface area contributed by atoms with Gasteiger partial charge in [0.25, 0.3) is 0 Å². The molecule has 1 atom stereocenters. The van der Waals surface area contributed by atoms with Crippen LogP contribution in [0.1, 0.15) is 57.1 Å². The second-order valence-corrected chi connectivity index (χ2v) is 8.96. The van der Waals surface area contributed by atoms with Crippen molar-refractivity contribution < 1.29 is 8.42 Å². The Hall–Kier alpha value is -1.56. The van der Waals surface area contributed by atoms with Crippen LogP contribution < -0.4 is 10.6 Å². The topological polar surface area (TPSA) is 70.6 Å². The van der Waals surface area contributed by atoms with Crippen LogP contribution in [0.3, 0.4) is 0 Å². The third-order valence-corrected chi connectivity index (χ3v) is 5.80. The lowest BCUT2D eigenvalue weighted by Gasteiger charge is -2.19. The van der Waals surface area contributed by atoms with Gasteiger partial charge >= 0.3 is 0 Å².